The lowest BCUT2D eigenvalue weighted by Gasteiger charge is -2.13. The van der Waals surface area contributed by atoms with E-state index >= 15 is 0 Å². The zero-order chi connectivity index (χ0) is 17.1. The number of hydrogen-bond donors (Lipinski definition) is 1. The monoisotopic (exact) mass is 321 g/mol. The van der Waals surface area contributed by atoms with Crippen LogP contribution in [0.3, 0.4) is 0 Å². The zero-order valence-corrected chi connectivity index (χ0v) is 13.9. The molecule has 0 amide bonds. The summed E-state index contributed by atoms with van der Waals surface area (Å²) >= 11 is 0. The molecule has 1 heterocycles. The number of hydroxylamine groups is 1. The molecular weight excluding hydrogens is 302 g/mol. The number of benzene rings is 2. The molecule has 0 saturated carbocycles. The van der Waals surface area contributed by atoms with Crippen molar-refractivity contribution < 1.29 is 9.57 Å². The van der Waals surface area contributed by atoms with Crippen LogP contribution in [0.25, 0.3) is 0 Å². The third kappa shape index (κ3) is 3.24. The van der Waals surface area contributed by atoms with Crippen LogP contribution in [-0.4, -0.2) is 11.9 Å². The lowest BCUT2D eigenvalue weighted by Crippen LogP contribution is -2.19. The largest absolute Gasteiger partial charge is 0.490 e. The van der Waals surface area contributed by atoms with Gasteiger partial charge in [0.2, 0.25) is 6.23 Å². The maximum absolute atomic E-state index is 9.34. The molecule has 5 nitrogen and oxygen atoms in total. The number of amidine groups is 1. The quantitative estimate of drug-likeness (QED) is 0.933. The lowest BCUT2D eigenvalue weighted by atomic mass is 10.1. The Bertz CT molecular complexity index is 822. The highest BCUT2D eigenvalue weighted by molar-refractivity contribution is 6.00. The Labute approximate surface area is 141 Å². The van der Waals surface area contributed by atoms with E-state index in [0.717, 1.165) is 16.7 Å². The minimum Gasteiger partial charge on any atom is -0.490 e. The summed E-state index contributed by atoms with van der Waals surface area (Å²) < 4.78 is 5.65. The van der Waals surface area contributed by atoms with E-state index in [9.17, 15) is 5.26 Å². The van der Waals surface area contributed by atoms with Crippen LogP contribution in [0.1, 0.15) is 42.3 Å². The van der Waals surface area contributed by atoms with Gasteiger partial charge in [-0.3, -0.25) is 0 Å². The van der Waals surface area contributed by atoms with Gasteiger partial charge in [-0.15, -0.1) is 0 Å². The van der Waals surface area contributed by atoms with Gasteiger partial charge in [0.1, 0.15) is 11.8 Å². The molecule has 1 N–H and O–H groups in total. The summed E-state index contributed by atoms with van der Waals surface area (Å²) in [6.45, 7) is 5.88. The second-order valence-electron chi connectivity index (χ2n) is 5.90. The molecule has 2 aromatic carbocycles. The van der Waals surface area contributed by atoms with E-state index < -0.39 is 6.23 Å². The van der Waals surface area contributed by atoms with Gasteiger partial charge in [-0.1, -0.05) is 30.3 Å². The molecule has 0 bridgehead atoms. The van der Waals surface area contributed by atoms with Gasteiger partial charge < -0.3 is 4.74 Å². The van der Waals surface area contributed by atoms with Gasteiger partial charge in [0, 0.05) is 11.1 Å². The smallest absolute Gasteiger partial charge is 0.202 e. The van der Waals surface area contributed by atoms with Crippen molar-refractivity contribution in [1.29, 1.82) is 5.26 Å². The third-order valence-electron chi connectivity index (χ3n) is 3.69. The highest BCUT2D eigenvalue weighted by atomic mass is 16.7. The Kier molecular flexibility index (Phi) is 4.50. The molecule has 5 heteroatoms. The summed E-state index contributed by atoms with van der Waals surface area (Å²) in [4.78, 5) is 10.2. The van der Waals surface area contributed by atoms with E-state index in [-0.39, 0.29) is 6.10 Å². The number of aliphatic imine (C=N–C) groups is 1. The number of ether oxygens (including phenoxy) is 1. The topological polar surface area (TPSA) is 66.6 Å². The van der Waals surface area contributed by atoms with Gasteiger partial charge in [0.05, 0.1) is 11.7 Å². The van der Waals surface area contributed by atoms with Gasteiger partial charge in [-0.2, -0.15) is 5.26 Å². The van der Waals surface area contributed by atoms with Crippen LogP contribution in [0.4, 0.5) is 0 Å². The van der Waals surface area contributed by atoms with E-state index in [1.807, 2.05) is 51.1 Å². The molecule has 24 heavy (non-hydrogen) atoms. The molecule has 1 aliphatic heterocycles. The standard InChI is InChI=1S/C19H19N3O2/c1-12(2)23-17-9-8-14(10-15(17)11-20)19-21-18(22-24-19)16-7-5-4-6-13(16)3/h4-10,12,19H,1-3H3,(H,21,22). The first-order valence-electron chi connectivity index (χ1n) is 7.84. The van der Waals surface area contributed by atoms with E-state index in [0.29, 0.717) is 17.1 Å². The van der Waals surface area contributed by atoms with Crippen LogP contribution in [0, 0.1) is 18.3 Å². The summed E-state index contributed by atoms with van der Waals surface area (Å²) in [6.07, 6.45) is -0.474. The zero-order valence-electron chi connectivity index (χ0n) is 13.9. The molecule has 3 rings (SSSR count). The maximum atomic E-state index is 9.34. The highest BCUT2D eigenvalue weighted by Crippen LogP contribution is 2.28. The molecule has 1 atom stereocenters. The molecule has 0 radical (unpaired) electrons. The van der Waals surface area contributed by atoms with Crippen LogP contribution in [0.5, 0.6) is 5.75 Å². The SMILES string of the molecule is Cc1ccccc1C1=NC(c2ccc(OC(C)C)c(C#N)c2)ON1. The fourth-order valence-electron chi connectivity index (χ4n) is 2.53. The number of rotatable bonds is 4. The van der Waals surface area contributed by atoms with E-state index in [2.05, 4.69) is 16.5 Å². The number of aryl methyl sites for hydroxylation is 1. The van der Waals surface area contributed by atoms with Crippen molar-refractivity contribution in [3.63, 3.8) is 0 Å². The molecule has 1 unspecified atom stereocenters. The lowest BCUT2D eigenvalue weighted by molar-refractivity contribution is 0.0376. The van der Waals surface area contributed by atoms with Gasteiger partial charge in [-0.25, -0.2) is 15.3 Å². The molecule has 0 aliphatic carbocycles. The van der Waals surface area contributed by atoms with Crippen LogP contribution in [-0.2, 0) is 4.84 Å². The Morgan fingerprint density at radius 3 is 2.75 bits per heavy atom. The van der Waals surface area contributed by atoms with Crippen LogP contribution >= 0.6 is 0 Å². The molecule has 0 fully saturated rings. The summed E-state index contributed by atoms with van der Waals surface area (Å²) in [5.41, 5.74) is 6.28. The maximum Gasteiger partial charge on any atom is 0.202 e. The molecule has 2 aromatic rings. The molecule has 122 valence electrons. The van der Waals surface area contributed by atoms with Crippen molar-refractivity contribution in [3.05, 3.63) is 64.7 Å². The summed E-state index contributed by atoms with van der Waals surface area (Å²) in [5.74, 6) is 1.27. The first-order valence-corrected chi connectivity index (χ1v) is 7.84. The fraction of sp³-hybridized carbons (Fsp3) is 0.263. The van der Waals surface area contributed by atoms with Crippen LogP contribution in [0.2, 0.25) is 0 Å². The number of nitrogens with zero attached hydrogens (tertiary/aromatic N) is 2. The van der Waals surface area contributed by atoms with Crippen molar-refractivity contribution in [2.45, 2.75) is 33.1 Å². The van der Waals surface area contributed by atoms with Crippen molar-refractivity contribution in [2.75, 3.05) is 0 Å². The van der Waals surface area contributed by atoms with E-state index in [4.69, 9.17) is 9.57 Å². The number of nitriles is 1. The molecule has 1 aliphatic rings. The number of hydrogen-bond acceptors (Lipinski definition) is 5. The van der Waals surface area contributed by atoms with Crippen molar-refractivity contribution in [1.82, 2.24) is 5.48 Å². The first-order chi connectivity index (χ1) is 11.6. The normalized spacial score (nSPS) is 16.5. The minimum atomic E-state index is -0.486. The Morgan fingerprint density at radius 1 is 1.25 bits per heavy atom. The second-order valence-corrected chi connectivity index (χ2v) is 5.90. The Morgan fingerprint density at radius 2 is 2.04 bits per heavy atom. The fourth-order valence-corrected chi connectivity index (χ4v) is 2.53. The predicted molar refractivity (Wildman–Crippen MR) is 91.6 cm³/mol. The Balaban J connectivity index is 1.88. The van der Waals surface area contributed by atoms with Crippen molar-refractivity contribution in [2.24, 2.45) is 4.99 Å². The first kappa shape index (κ1) is 16.0. The van der Waals surface area contributed by atoms with Crippen molar-refractivity contribution >= 4 is 5.84 Å². The van der Waals surface area contributed by atoms with Gasteiger partial charge >= 0.3 is 0 Å². The molecular formula is C19H19N3O2. The predicted octanol–water partition coefficient (Wildman–Crippen LogP) is 3.63. The van der Waals surface area contributed by atoms with E-state index in [1.165, 1.54) is 0 Å². The summed E-state index contributed by atoms with van der Waals surface area (Å²) in [5, 5.41) is 9.34. The molecule has 0 spiro atoms. The summed E-state index contributed by atoms with van der Waals surface area (Å²) in [7, 11) is 0. The summed E-state index contributed by atoms with van der Waals surface area (Å²) in [6, 6.07) is 15.6. The van der Waals surface area contributed by atoms with Crippen LogP contribution < -0.4 is 10.2 Å². The third-order valence-corrected chi connectivity index (χ3v) is 3.69. The minimum absolute atomic E-state index is 0.0121. The van der Waals surface area contributed by atoms with Gasteiger partial charge in [0.15, 0.2) is 5.84 Å². The van der Waals surface area contributed by atoms with Crippen molar-refractivity contribution in [3.8, 4) is 11.8 Å². The van der Waals surface area contributed by atoms with E-state index in [1.54, 1.807) is 12.1 Å². The number of nitrogens with one attached hydrogen (secondary N) is 1. The van der Waals surface area contributed by atoms with Gasteiger partial charge in [-0.05, 0) is 38.5 Å². The molecule has 0 saturated heterocycles. The second kappa shape index (κ2) is 6.73. The Hall–Kier alpha value is -2.84. The molecule has 0 aromatic heterocycles. The average molecular weight is 321 g/mol. The van der Waals surface area contributed by atoms with Crippen LogP contribution in [0.15, 0.2) is 47.5 Å². The highest BCUT2D eigenvalue weighted by Gasteiger charge is 2.22. The van der Waals surface area contributed by atoms with Gasteiger partial charge in [0.25, 0.3) is 0 Å². The average Bonchev–Trinajstić information content (AvgIpc) is 3.05.